The van der Waals surface area contributed by atoms with Crippen molar-refractivity contribution in [1.29, 1.82) is 0 Å². The maximum absolute atomic E-state index is 4.79. The quantitative estimate of drug-likeness (QED) is 0.229. The molecule has 4 heterocycles. The van der Waals surface area contributed by atoms with Crippen LogP contribution in [0, 0.1) is 0 Å². The van der Waals surface area contributed by atoms with E-state index in [4.69, 9.17) is 9.97 Å². The minimum Gasteiger partial charge on any atom is -0.309 e. The van der Waals surface area contributed by atoms with Crippen LogP contribution >= 0.6 is 0 Å². The molecule has 9 rings (SSSR count). The Morgan fingerprint density at radius 3 is 2.30 bits per heavy atom. The normalized spacial score (nSPS) is 12.8. The van der Waals surface area contributed by atoms with E-state index in [0.717, 1.165) is 34.2 Å². The Hall–Kier alpha value is -4.96. The lowest BCUT2D eigenvalue weighted by Crippen LogP contribution is -1.97. The van der Waals surface area contributed by atoms with Gasteiger partial charge < -0.3 is 4.57 Å². The monoisotopic (exact) mass is 472 g/mol. The van der Waals surface area contributed by atoms with Gasteiger partial charge in [0.25, 0.3) is 0 Å². The Balaban J connectivity index is 1.57. The fraction of sp³-hybridized carbons (Fsp3) is 0.0303. The summed E-state index contributed by atoms with van der Waals surface area (Å²) >= 11 is 0. The van der Waals surface area contributed by atoms with Crippen molar-refractivity contribution in [3.63, 3.8) is 0 Å². The number of imidazole rings is 1. The van der Waals surface area contributed by atoms with Gasteiger partial charge in [0.15, 0.2) is 0 Å². The molecule has 0 amide bonds. The van der Waals surface area contributed by atoms with Gasteiger partial charge in [-0.3, -0.25) is 4.40 Å². The van der Waals surface area contributed by atoms with Crippen LogP contribution in [-0.4, -0.2) is 18.9 Å². The first-order chi connectivity index (χ1) is 18.4. The Bertz CT molecular complexity index is 2220. The van der Waals surface area contributed by atoms with Gasteiger partial charge >= 0.3 is 0 Å². The topological polar surface area (TPSA) is 35.1 Å². The maximum atomic E-state index is 4.79. The number of para-hydroxylation sites is 1. The van der Waals surface area contributed by atoms with Gasteiger partial charge in [-0.25, -0.2) is 9.97 Å². The summed E-state index contributed by atoms with van der Waals surface area (Å²) in [6.07, 6.45) is 6.69. The van der Waals surface area contributed by atoms with Crippen LogP contribution < -0.4 is 0 Å². The van der Waals surface area contributed by atoms with E-state index < -0.39 is 0 Å². The lowest BCUT2D eigenvalue weighted by atomic mass is 9.99. The first-order valence-corrected chi connectivity index (χ1v) is 12.6. The molecule has 0 fully saturated rings. The fourth-order valence-corrected chi connectivity index (χ4v) is 6.59. The summed E-state index contributed by atoms with van der Waals surface area (Å²) in [4.78, 5) is 9.55. The van der Waals surface area contributed by atoms with Crippen molar-refractivity contribution in [2.75, 3.05) is 0 Å². The highest BCUT2D eigenvalue weighted by Crippen LogP contribution is 2.46. The molecule has 0 radical (unpaired) electrons. The molecular formula is C33H20N4. The van der Waals surface area contributed by atoms with E-state index in [2.05, 4.69) is 93.9 Å². The molecular weight excluding hydrogens is 452 g/mol. The zero-order chi connectivity index (χ0) is 24.1. The highest BCUT2D eigenvalue weighted by Gasteiger charge is 2.26. The van der Waals surface area contributed by atoms with E-state index in [1.807, 2.05) is 24.7 Å². The molecule has 4 nitrogen and oxygen atoms in total. The van der Waals surface area contributed by atoms with E-state index in [1.54, 1.807) is 0 Å². The number of hydrogen-bond donors (Lipinski definition) is 0. The van der Waals surface area contributed by atoms with Crippen molar-refractivity contribution in [2.24, 2.45) is 0 Å². The number of pyridine rings is 2. The van der Waals surface area contributed by atoms with Gasteiger partial charge in [0.2, 0.25) is 0 Å². The fourth-order valence-electron chi connectivity index (χ4n) is 6.59. The molecule has 4 heteroatoms. The smallest absolute Gasteiger partial charge is 0.146 e. The summed E-state index contributed by atoms with van der Waals surface area (Å²) in [5.41, 5.74) is 11.0. The van der Waals surface area contributed by atoms with Crippen LogP contribution in [0.25, 0.3) is 66.1 Å². The van der Waals surface area contributed by atoms with Crippen molar-refractivity contribution in [2.45, 2.75) is 6.42 Å². The van der Waals surface area contributed by atoms with Gasteiger partial charge in [0.1, 0.15) is 11.3 Å². The molecule has 8 aromatic rings. The van der Waals surface area contributed by atoms with Crippen molar-refractivity contribution in [3.8, 4) is 16.8 Å². The summed E-state index contributed by atoms with van der Waals surface area (Å²) in [5.74, 6) is 0. The number of fused-ring (bicyclic) bond motifs is 14. The van der Waals surface area contributed by atoms with Gasteiger partial charge in [-0.1, -0.05) is 54.6 Å². The molecule has 172 valence electrons. The van der Waals surface area contributed by atoms with E-state index in [9.17, 15) is 0 Å². The highest BCUT2D eigenvalue weighted by atomic mass is 15.0. The average Bonchev–Trinajstić information content (AvgIpc) is 3.67. The predicted octanol–water partition coefficient (Wildman–Crippen LogP) is 7.70. The molecule has 37 heavy (non-hydrogen) atoms. The van der Waals surface area contributed by atoms with Crippen LogP contribution in [0.5, 0.6) is 0 Å². The summed E-state index contributed by atoms with van der Waals surface area (Å²) < 4.78 is 4.55. The van der Waals surface area contributed by atoms with E-state index >= 15 is 0 Å². The Morgan fingerprint density at radius 1 is 0.595 bits per heavy atom. The molecule has 0 aliphatic heterocycles. The molecule has 1 aliphatic rings. The van der Waals surface area contributed by atoms with Gasteiger partial charge in [-0.15, -0.1) is 0 Å². The molecule has 0 saturated heterocycles. The van der Waals surface area contributed by atoms with E-state index in [1.165, 1.54) is 49.4 Å². The van der Waals surface area contributed by atoms with Crippen molar-refractivity contribution in [3.05, 3.63) is 121 Å². The first-order valence-electron chi connectivity index (χ1n) is 12.6. The summed E-state index contributed by atoms with van der Waals surface area (Å²) in [5, 5.41) is 6.09. The average molecular weight is 473 g/mol. The molecule has 0 bridgehead atoms. The van der Waals surface area contributed by atoms with Gasteiger partial charge in [-0.2, -0.15) is 0 Å². The molecule has 0 saturated carbocycles. The number of rotatable bonds is 1. The van der Waals surface area contributed by atoms with E-state index in [0.29, 0.717) is 0 Å². The van der Waals surface area contributed by atoms with Crippen LogP contribution in [0.1, 0.15) is 11.1 Å². The third-order valence-electron chi connectivity index (χ3n) is 8.06. The molecule has 0 spiro atoms. The van der Waals surface area contributed by atoms with Crippen LogP contribution in [0.4, 0.5) is 0 Å². The summed E-state index contributed by atoms with van der Waals surface area (Å²) in [6.45, 7) is 0. The second kappa shape index (κ2) is 6.83. The zero-order valence-corrected chi connectivity index (χ0v) is 19.9. The van der Waals surface area contributed by atoms with Gasteiger partial charge in [0, 0.05) is 51.2 Å². The standard InChI is InChI=1S/C33H20N4/c1-2-8-21(9-3-1)37-28-15-14-23-22-10-5-4-7-20(22)19-27(23)29(28)24-12-13-26-30(31(24)37)25-11-6-16-34-32(25)36-18-17-35-33(26)36/h1-18H,19H2. The third kappa shape index (κ3) is 2.37. The molecule has 4 aromatic carbocycles. The van der Waals surface area contributed by atoms with Crippen LogP contribution in [0.15, 0.2) is 110 Å². The Kier molecular flexibility index (Phi) is 3.55. The van der Waals surface area contributed by atoms with E-state index in [-0.39, 0.29) is 0 Å². The van der Waals surface area contributed by atoms with Crippen molar-refractivity contribution >= 4 is 49.3 Å². The number of nitrogens with zero attached hydrogens (tertiary/aromatic N) is 4. The first kappa shape index (κ1) is 19.3. The highest BCUT2D eigenvalue weighted by molar-refractivity contribution is 6.28. The van der Waals surface area contributed by atoms with Crippen LogP contribution in [0.2, 0.25) is 0 Å². The van der Waals surface area contributed by atoms with Crippen LogP contribution in [0.3, 0.4) is 0 Å². The number of aromatic nitrogens is 4. The number of hydrogen-bond acceptors (Lipinski definition) is 2. The summed E-state index contributed by atoms with van der Waals surface area (Å²) in [6, 6.07) is 33.0. The van der Waals surface area contributed by atoms with Gasteiger partial charge in [-0.05, 0) is 65.1 Å². The summed E-state index contributed by atoms with van der Waals surface area (Å²) in [7, 11) is 0. The lowest BCUT2D eigenvalue weighted by Gasteiger charge is -2.12. The molecule has 4 aromatic heterocycles. The Morgan fingerprint density at radius 2 is 1.38 bits per heavy atom. The molecule has 0 unspecified atom stereocenters. The molecule has 0 N–H and O–H groups in total. The zero-order valence-electron chi connectivity index (χ0n) is 19.9. The second-order valence-electron chi connectivity index (χ2n) is 9.87. The number of benzene rings is 4. The van der Waals surface area contributed by atoms with Crippen molar-refractivity contribution < 1.29 is 0 Å². The van der Waals surface area contributed by atoms with Crippen LogP contribution in [-0.2, 0) is 6.42 Å². The van der Waals surface area contributed by atoms with Crippen molar-refractivity contribution in [1.82, 2.24) is 18.9 Å². The molecule has 0 atom stereocenters. The Labute approximate surface area is 212 Å². The maximum Gasteiger partial charge on any atom is 0.146 e. The predicted molar refractivity (Wildman–Crippen MR) is 151 cm³/mol. The lowest BCUT2D eigenvalue weighted by molar-refractivity contribution is 1.18. The third-order valence-corrected chi connectivity index (χ3v) is 8.06. The SMILES string of the molecule is c1ccc(-n2c3ccc4c(c3c3ccc5c(c6cccnc6n6ccnc56)c32)Cc2ccccc2-4)cc1. The van der Waals surface area contributed by atoms with Gasteiger partial charge in [0.05, 0.1) is 11.0 Å². The largest absolute Gasteiger partial charge is 0.309 e. The second-order valence-corrected chi connectivity index (χ2v) is 9.87. The minimum absolute atomic E-state index is 0.928. The molecule has 1 aliphatic carbocycles. The minimum atomic E-state index is 0.928.